The van der Waals surface area contributed by atoms with Crippen LogP contribution in [0.15, 0.2) is 46.1 Å². The number of benzene rings is 1. The summed E-state index contributed by atoms with van der Waals surface area (Å²) in [6.07, 6.45) is -0.242. The number of hydrogen-bond acceptors (Lipinski definition) is 8. The lowest BCUT2D eigenvalue weighted by Gasteiger charge is -2.24. The summed E-state index contributed by atoms with van der Waals surface area (Å²) in [7, 11) is -1.11. The molecule has 3 atom stereocenters. The normalized spacial score (nSPS) is 21.5. The molecule has 0 aliphatic carbocycles. The van der Waals surface area contributed by atoms with Crippen LogP contribution in [-0.2, 0) is 23.1 Å². The van der Waals surface area contributed by atoms with Gasteiger partial charge in [0.05, 0.1) is 11.2 Å². The first-order valence-corrected chi connectivity index (χ1v) is 10.8. The summed E-state index contributed by atoms with van der Waals surface area (Å²) in [5, 5.41) is 0. The van der Waals surface area contributed by atoms with Gasteiger partial charge in [0.1, 0.15) is 18.9 Å². The van der Waals surface area contributed by atoms with Gasteiger partial charge < -0.3 is 18.5 Å². The second-order valence-electron chi connectivity index (χ2n) is 6.78. The number of H-pyrrole nitrogens is 1. The van der Waals surface area contributed by atoms with Crippen molar-refractivity contribution < 1.29 is 27.9 Å². The van der Waals surface area contributed by atoms with Crippen LogP contribution in [0.4, 0.5) is 0 Å². The first-order chi connectivity index (χ1) is 14.3. The molecule has 0 unspecified atom stereocenters. The van der Waals surface area contributed by atoms with E-state index in [0.29, 0.717) is 11.1 Å². The van der Waals surface area contributed by atoms with Crippen molar-refractivity contribution in [1.29, 1.82) is 0 Å². The van der Waals surface area contributed by atoms with Crippen LogP contribution < -0.4 is 11.2 Å². The lowest BCUT2D eigenvalue weighted by Crippen LogP contribution is -2.33. The molecule has 0 spiro atoms. The van der Waals surface area contributed by atoms with Crippen LogP contribution in [0.25, 0.3) is 0 Å². The minimum Gasteiger partial charge on any atom is -0.459 e. The number of nitrogens with zero attached hydrogens (tertiary/aromatic N) is 1. The molecular weight excluding hydrogens is 415 g/mol. The van der Waals surface area contributed by atoms with Gasteiger partial charge in [-0.2, -0.15) is 0 Å². The average molecular weight is 438 g/mol. The Morgan fingerprint density at radius 3 is 2.53 bits per heavy atom. The summed E-state index contributed by atoms with van der Waals surface area (Å²) < 4.78 is 35.7. The summed E-state index contributed by atoms with van der Waals surface area (Å²) >= 11 is 0. The molecule has 0 amide bonds. The van der Waals surface area contributed by atoms with Crippen LogP contribution >= 0.6 is 7.60 Å². The zero-order valence-corrected chi connectivity index (χ0v) is 17.7. The second-order valence-corrected chi connectivity index (χ2v) is 9.25. The highest BCUT2D eigenvalue weighted by Crippen LogP contribution is 2.58. The van der Waals surface area contributed by atoms with Crippen LogP contribution in [-0.4, -0.2) is 48.1 Å². The number of ether oxygens (including phenoxy) is 2. The minimum atomic E-state index is -3.61. The van der Waals surface area contributed by atoms with Crippen LogP contribution in [0.3, 0.4) is 0 Å². The molecule has 0 bridgehead atoms. The minimum absolute atomic E-state index is 0.0951. The maximum absolute atomic E-state index is 13.1. The van der Waals surface area contributed by atoms with Gasteiger partial charge in [0.15, 0.2) is 0 Å². The van der Waals surface area contributed by atoms with Gasteiger partial charge in [0.2, 0.25) is 0 Å². The molecular formula is C19H23N2O8P. The molecule has 1 aliphatic heterocycles. The van der Waals surface area contributed by atoms with Crippen molar-refractivity contribution in [2.75, 3.05) is 20.8 Å². The Morgan fingerprint density at radius 2 is 1.90 bits per heavy atom. The van der Waals surface area contributed by atoms with Gasteiger partial charge in [0.25, 0.3) is 5.56 Å². The Bertz CT molecular complexity index is 1060. The fourth-order valence-corrected chi connectivity index (χ4v) is 5.02. The molecule has 162 valence electrons. The maximum Gasteiger partial charge on any atom is 0.338 e. The largest absolute Gasteiger partial charge is 0.459 e. The molecule has 10 nitrogen and oxygen atoms in total. The number of carbonyl (C=O) groups is 1. The van der Waals surface area contributed by atoms with E-state index in [2.05, 4.69) is 4.98 Å². The second kappa shape index (κ2) is 9.09. The van der Waals surface area contributed by atoms with Gasteiger partial charge in [-0.05, 0) is 19.1 Å². The molecule has 1 fully saturated rings. The summed E-state index contributed by atoms with van der Waals surface area (Å²) in [6, 6.07) is 8.40. The fourth-order valence-electron chi connectivity index (χ4n) is 3.33. The first kappa shape index (κ1) is 22.2. The molecule has 1 aromatic heterocycles. The molecule has 30 heavy (non-hydrogen) atoms. The third-order valence-corrected chi connectivity index (χ3v) is 7.34. The maximum atomic E-state index is 13.1. The molecule has 0 radical (unpaired) electrons. The Kier molecular flexibility index (Phi) is 6.72. The summed E-state index contributed by atoms with van der Waals surface area (Å²) in [5.74, 6) is -0.567. The third kappa shape index (κ3) is 4.46. The highest BCUT2D eigenvalue weighted by atomic mass is 31.2. The van der Waals surface area contributed by atoms with E-state index in [1.807, 2.05) is 0 Å². The van der Waals surface area contributed by atoms with Crippen LogP contribution in [0.5, 0.6) is 0 Å². The molecule has 1 saturated heterocycles. The smallest absolute Gasteiger partial charge is 0.338 e. The monoisotopic (exact) mass is 438 g/mol. The van der Waals surface area contributed by atoms with Crippen molar-refractivity contribution in [3.63, 3.8) is 0 Å². The standard InChI is InChI=1S/C19H23N2O8P/c1-12-10-21(19(24)20-17(12)22)16-9-15(30(25,26-2)27-3)14(29-16)11-28-18(23)13-7-5-4-6-8-13/h4-8,10,14-16H,9,11H2,1-3H3,(H,20,22,24)/t14-,15-,16+/m1/s1. The van der Waals surface area contributed by atoms with E-state index in [1.54, 1.807) is 37.3 Å². The lowest BCUT2D eigenvalue weighted by molar-refractivity contribution is -0.0345. The highest BCUT2D eigenvalue weighted by molar-refractivity contribution is 7.54. The Hall–Kier alpha value is -2.52. The van der Waals surface area contributed by atoms with Crippen molar-refractivity contribution in [2.45, 2.75) is 31.3 Å². The number of esters is 1. The predicted molar refractivity (Wildman–Crippen MR) is 107 cm³/mol. The lowest BCUT2D eigenvalue weighted by atomic mass is 10.2. The topological polar surface area (TPSA) is 126 Å². The van der Waals surface area contributed by atoms with E-state index in [4.69, 9.17) is 18.5 Å². The molecule has 1 aromatic carbocycles. The van der Waals surface area contributed by atoms with E-state index in [1.165, 1.54) is 25.0 Å². The van der Waals surface area contributed by atoms with Gasteiger partial charge >= 0.3 is 19.3 Å². The number of carbonyl (C=O) groups excluding carboxylic acids is 1. The molecule has 11 heteroatoms. The summed E-state index contributed by atoms with van der Waals surface area (Å²) in [4.78, 5) is 38.4. The van der Waals surface area contributed by atoms with E-state index in [-0.39, 0.29) is 13.0 Å². The number of hydrogen-bond donors (Lipinski definition) is 1. The number of nitrogens with one attached hydrogen (secondary N) is 1. The average Bonchev–Trinajstić information content (AvgIpc) is 3.19. The van der Waals surface area contributed by atoms with Gasteiger partial charge in [-0.15, -0.1) is 0 Å². The van der Waals surface area contributed by atoms with Crippen molar-refractivity contribution in [1.82, 2.24) is 9.55 Å². The predicted octanol–water partition coefficient (Wildman–Crippen LogP) is 1.84. The molecule has 1 N–H and O–H groups in total. The van der Waals surface area contributed by atoms with Gasteiger partial charge in [-0.3, -0.25) is 18.9 Å². The van der Waals surface area contributed by atoms with Crippen molar-refractivity contribution in [2.24, 2.45) is 0 Å². The van der Waals surface area contributed by atoms with Gasteiger partial charge in [-0.25, -0.2) is 9.59 Å². The number of aromatic amines is 1. The van der Waals surface area contributed by atoms with Crippen LogP contribution in [0.1, 0.15) is 28.6 Å². The molecule has 0 saturated carbocycles. The fraction of sp³-hybridized carbons (Fsp3) is 0.421. The van der Waals surface area contributed by atoms with E-state index < -0.39 is 42.8 Å². The van der Waals surface area contributed by atoms with Crippen LogP contribution in [0.2, 0.25) is 0 Å². The molecule has 1 aliphatic rings. The zero-order chi connectivity index (χ0) is 21.9. The van der Waals surface area contributed by atoms with E-state index >= 15 is 0 Å². The highest BCUT2D eigenvalue weighted by Gasteiger charge is 2.49. The molecule has 3 rings (SSSR count). The molecule has 2 heterocycles. The Labute approximate surface area is 172 Å². The number of aryl methyl sites for hydroxylation is 1. The van der Waals surface area contributed by atoms with E-state index in [0.717, 1.165) is 0 Å². The Morgan fingerprint density at radius 1 is 1.23 bits per heavy atom. The van der Waals surface area contributed by atoms with Crippen molar-refractivity contribution in [3.05, 3.63) is 68.5 Å². The van der Waals surface area contributed by atoms with E-state index in [9.17, 15) is 18.9 Å². The van der Waals surface area contributed by atoms with Gasteiger partial charge in [-0.1, -0.05) is 18.2 Å². The summed E-state index contributed by atoms with van der Waals surface area (Å²) in [5.41, 5.74) is -1.28. The SMILES string of the molecule is COP(=O)(OC)[C@@H]1C[C@@H](n2cc(C)c(=O)[nH]c2=O)O[C@@H]1COC(=O)c1ccccc1. The summed E-state index contributed by atoms with van der Waals surface area (Å²) in [6.45, 7) is 1.33. The zero-order valence-electron chi connectivity index (χ0n) is 16.8. The first-order valence-electron chi connectivity index (χ1n) is 9.20. The van der Waals surface area contributed by atoms with Crippen LogP contribution in [0, 0.1) is 6.92 Å². The van der Waals surface area contributed by atoms with Crippen molar-refractivity contribution in [3.8, 4) is 0 Å². The third-order valence-electron chi connectivity index (χ3n) is 4.96. The Balaban J connectivity index is 1.85. The van der Waals surface area contributed by atoms with Crippen molar-refractivity contribution >= 4 is 13.6 Å². The molecule has 2 aromatic rings. The number of aromatic nitrogens is 2. The van der Waals surface area contributed by atoms with Gasteiger partial charge in [0, 0.05) is 32.4 Å². The quantitative estimate of drug-likeness (QED) is 0.513. The number of rotatable bonds is 7.